The summed E-state index contributed by atoms with van der Waals surface area (Å²) in [6.45, 7) is 0. The van der Waals surface area contributed by atoms with Gasteiger partial charge in [0.1, 0.15) is 0 Å². The molecule has 0 aromatic carbocycles. The highest BCUT2D eigenvalue weighted by molar-refractivity contribution is 3.65. The van der Waals surface area contributed by atoms with E-state index in [0.29, 0.717) is 0 Å². The average molecular weight is 78.1 g/mol. The highest BCUT2D eigenvalue weighted by Crippen LogP contribution is 0.957. The number of rotatable bonds is 0. The minimum atomic E-state index is 1.43. The van der Waals surface area contributed by atoms with Gasteiger partial charge in [-0.15, -0.1) is 0 Å². The van der Waals surface area contributed by atoms with Crippen molar-refractivity contribution in [3.05, 3.63) is 0 Å². The molecule has 0 aromatic heterocycles. The molecule has 4 N–H and O–H groups in total. The van der Waals surface area contributed by atoms with Crippen molar-refractivity contribution in [1.29, 1.82) is 0 Å². The van der Waals surface area contributed by atoms with Crippen molar-refractivity contribution in [2.24, 2.45) is 5.73 Å². The number of nitrogens with two attached hydrogens (primary N) is 1. The van der Waals surface area contributed by atoms with Crippen molar-refractivity contribution in [2.75, 3.05) is 14.1 Å². The fraction of sp³-hybridized carbons (Fsp3) is 1.00. The molecule has 0 radical (unpaired) electrons. The molecule has 3 heteroatoms. The van der Waals surface area contributed by atoms with Gasteiger partial charge in [0.2, 0.25) is 0 Å². The third-order valence-corrected chi connectivity index (χ3v) is 0. The predicted molar refractivity (Wildman–Crippen MR) is 21.0 cm³/mol. The predicted octanol–water partition coefficient (Wildman–Crippen LogP) is -0.830. The summed E-state index contributed by atoms with van der Waals surface area (Å²) >= 11 is 0. The van der Waals surface area contributed by atoms with Crippen LogP contribution in [-0.4, -0.2) is 19.3 Å². The fourth-order valence-corrected chi connectivity index (χ4v) is 0. The third-order valence-electron chi connectivity index (χ3n) is 0. The maximum absolute atomic E-state index is 7.32. The lowest BCUT2D eigenvalue weighted by Gasteiger charge is -1.60. The maximum atomic E-state index is 7.32. The van der Waals surface area contributed by atoms with Crippen molar-refractivity contribution >= 4 is 0 Å². The van der Waals surface area contributed by atoms with Gasteiger partial charge < -0.3 is 10.9 Å². The van der Waals surface area contributed by atoms with Gasteiger partial charge in [-0.1, -0.05) is 0 Å². The second kappa shape index (κ2) is 41.6. The van der Waals surface area contributed by atoms with E-state index in [4.69, 9.17) is 5.21 Å². The first-order valence-electron chi connectivity index (χ1n) is 1.30. The maximum Gasteiger partial charge on any atom is 0.00929 e. The molecular formula is C2H10N2O. The number of hydrogen-bond acceptors (Lipinski definition) is 3. The summed E-state index contributed by atoms with van der Waals surface area (Å²) in [7, 11) is 2.93. The first-order chi connectivity index (χ1) is 2.41. The summed E-state index contributed by atoms with van der Waals surface area (Å²) in [5.74, 6) is 0. The molecule has 0 aliphatic carbocycles. The van der Waals surface area contributed by atoms with Gasteiger partial charge in [-0.2, -0.15) is 0 Å². The van der Waals surface area contributed by atoms with E-state index in [1.54, 1.807) is 5.48 Å². The van der Waals surface area contributed by atoms with Crippen molar-refractivity contribution in [2.45, 2.75) is 0 Å². The zero-order valence-corrected chi connectivity index (χ0v) is 3.52. The molecule has 0 unspecified atom stereocenters. The number of hydroxylamine groups is 1. The molecule has 3 nitrogen and oxygen atoms in total. The molecule has 5 heavy (non-hydrogen) atoms. The van der Waals surface area contributed by atoms with Gasteiger partial charge in [0.25, 0.3) is 0 Å². The molecule has 0 heterocycles. The summed E-state index contributed by atoms with van der Waals surface area (Å²) in [5, 5.41) is 7.32. The van der Waals surface area contributed by atoms with E-state index < -0.39 is 0 Å². The van der Waals surface area contributed by atoms with Crippen molar-refractivity contribution in [3.8, 4) is 0 Å². The van der Waals surface area contributed by atoms with Crippen LogP contribution in [-0.2, 0) is 0 Å². The normalized spacial score (nSPS) is 4.80. The van der Waals surface area contributed by atoms with Gasteiger partial charge in [-0.25, -0.2) is 5.48 Å². The minimum Gasteiger partial charge on any atom is -0.333 e. The Morgan fingerprint density at radius 3 is 1.60 bits per heavy atom. The molecule has 0 rings (SSSR count). The van der Waals surface area contributed by atoms with E-state index in [2.05, 4.69) is 5.73 Å². The van der Waals surface area contributed by atoms with Gasteiger partial charge in [0.15, 0.2) is 0 Å². The average Bonchev–Trinajstić information content (AvgIpc) is 1.46. The lowest BCUT2D eigenvalue weighted by atomic mass is 11.6. The van der Waals surface area contributed by atoms with E-state index in [9.17, 15) is 0 Å². The zero-order valence-electron chi connectivity index (χ0n) is 3.52. The van der Waals surface area contributed by atoms with Crippen LogP contribution in [0.25, 0.3) is 0 Å². The lowest BCUT2D eigenvalue weighted by Crippen LogP contribution is -1.91. The molecule has 0 amide bonds. The van der Waals surface area contributed by atoms with E-state index in [1.807, 2.05) is 0 Å². The molecule has 0 aromatic rings. The largest absolute Gasteiger partial charge is 0.333 e. The Hall–Kier alpha value is -0.120. The first kappa shape index (κ1) is 8.86. The highest BCUT2D eigenvalue weighted by atomic mass is 16.5. The van der Waals surface area contributed by atoms with Crippen molar-refractivity contribution < 1.29 is 5.21 Å². The van der Waals surface area contributed by atoms with E-state index in [-0.39, 0.29) is 0 Å². The summed E-state index contributed by atoms with van der Waals surface area (Å²) < 4.78 is 0. The van der Waals surface area contributed by atoms with Crippen LogP contribution in [0.3, 0.4) is 0 Å². The Bertz CT molecular complexity index is 7.61. The smallest absolute Gasteiger partial charge is 0.00929 e. The molecule has 0 bridgehead atoms. The van der Waals surface area contributed by atoms with Crippen LogP contribution in [0, 0.1) is 0 Å². The van der Waals surface area contributed by atoms with Crippen molar-refractivity contribution in [3.63, 3.8) is 0 Å². The molecule has 0 atom stereocenters. The highest BCUT2D eigenvalue weighted by Gasteiger charge is 1.24. The van der Waals surface area contributed by atoms with E-state index >= 15 is 0 Å². The minimum absolute atomic E-state index is 1.43. The summed E-state index contributed by atoms with van der Waals surface area (Å²) in [4.78, 5) is 0. The second-order valence-electron chi connectivity index (χ2n) is 0.224. The van der Waals surface area contributed by atoms with Gasteiger partial charge in [0, 0.05) is 7.05 Å². The second-order valence-corrected chi connectivity index (χ2v) is 0.224. The van der Waals surface area contributed by atoms with E-state index in [0.717, 1.165) is 0 Å². The monoisotopic (exact) mass is 78.1 g/mol. The Morgan fingerprint density at radius 2 is 1.60 bits per heavy atom. The third kappa shape index (κ3) is 952. The molecular weight excluding hydrogens is 68.0 g/mol. The van der Waals surface area contributed by atoms with Crippen LogP contribution >= 0.6 is 0 Å². The topological polar surface area (TPSA) is 58.3 Å². The Labute approximate surface area is 31.7 Å². The molecule has 34 valence electrons. The molecule has 0 fully saturated rings. The van der Waals surface area contributed by atoms with Crippen LogP contribution in [0.5, 0.6) is 0 Å². The van der Waals surface area contributed by atoms with Gasteiger partial charge in [-0.3, -0.25) is 0 Å². The molecule has 0 aliphatic rings. The standard InChI is InChI=1S/CH5NO.CH5N/c1-2-3;1-2/h2-3H,1H3;2H2,1H3. The summed E-state index contributed by atoms with van der Waals surface area (Å²) in [5.41, 5.74) is 6.25. The lowest BCUT2D eigenvalue weighted by molar-refractivity contribution is 0.194. The Morgan fingerprint density at radius 1 is 1.60 bits per heavy atom. The van der Waals surface area contributed by atoms with E-state index in [1.165, 1.54) is 14.1 Å². The summed E-state index contributed by atoms with van der Waals surface area (Å²) in [6.07, 6.45) is 0. The quantitative estimate of drug-likeness (QED) is 0.331. The summed E-state index contributed by atoms with van der Waals surface area (Å²) in [6, 6.07) is 0. The molecule has 0 spiro atoms. The van der Waals surface area contributed by atoms with Crippen LogP contribution in [0.2, 0.25) is 0 Å². The molecule has 0 saturated carbocycles. The Kier molecular flexibility index (Phi) is 73.6. The van der Waals surface area contributed by atoms with Gasteiger partial charge >= 0.3 is 0 Å². The van der Waals surface area contributed by atoms with Crippen LogP contribution in [0.1, 0.15) is 0 Å². The number of hydrogen-bond donors (Lipinski definition) is 3. The van der Waals surface area contributed by atoms with Crippen LogP contribution in [0.4, 0.5) is 0 Å². The Balaban J connectivity index is 0. The SMILES string of the molecule is CN.CNO. The van der Waals surface area contributed by atoms with Crippen molar-refractivity contribution in [1.82, 2.24) is 5.48 Å². The number of nitrogens with one attached hydrogen (secondary N) is 1. The van der Waals surface area contributed by atoms with Crippen LogP contribution < -0.4 is 11.2 Å². The zero-order chi connectivity index (χ0) is 4.71. The van der Waals surface area contributed by atoms with Gasteiger partial charge in [0.05, 0.1) is 0 Å². The fourth-order valence-electron chi connectivity index (χ4n) is 0. The van der Waals surface area contributed by atoms with Crippen LogP contribution in [0.15, 0.2) is 0 Å². The molecule has 0 saturated heterocycles. The molecule has 0 aliphatic heterocycles. The van der Waals surface area contributed by atoms with Gasteiger partial charge in [-0.05, 0) is 7.05 Å². The first-order valence-corrected chi connectivity index (χ1v) is 1.30.